The maximum absolute atomic E-state index is 9.36. The number of benzene rings is 1. The fourth-order valence-electron chi connectivity index (χ4n) is 1.70. The van der Waals surface area contributed by atoms with Crippen molar-refractivity contribution in [1.29, 1.82) is 0 Å². The third-order valence-corrected chi connectivity index (χ3v) is 3.36. The second kappa shape index (κ2) is 5.52. The summed E-state index contributed by atoms with van der Waals surface area (Å²) in [4.78, 5) is 2.12. The van der Waals surface area contributed by atoms with Crippen molar-refractivity contribution >= 4 is 21.6 Å². The van der Waals surface area contributed by atoms with Gasteiger partial charge in [0.25, 0.3) is 0 Å². The quantitative estimate of drug-likeness (QED) is 0.911. The molecule has 0 saturated heterocycles. The van der Waals surface area contributed by atoms with Crippen molar-refractivity contribution in [2.24, 2.45) is 5.92 Å². The Morgan fingerprint density at radius 3 is 2.40 bits per heavy atom. The fraction of sp³-hybridized carbons (Fsp3) is 0.500. The highest BCUT2D eigenvalue weighted by molar-refractivity contribution is 9.10. The summed E-state index contributed by atoms with van der Waals surface area (Å²) in [5.74, 6) is 0.423. The van der Waals surface area contributed by atoms with Gasteiger partial charge in [-0.25, -0.2) is 0 Å². The number of aliphatic hydroxyl groups excluding tert-OH is 1. The summed E-state index contributed by atoms with van der Waals surface area (Å²) >= 11 is 3.52. The van der Waals surface area contributed by atoms with E-state index in [1.807, 2.05) is 25.2 Å². The monoisotopic (exact) mass is 271 g/mol. The van der Waals surface area contributed by atoms with E-state index in [1.54, 1.807) is 0 Å². The van der Waals surface area contributed by atoms with E-state index in [4.69, 9.17) is 0 Å². The van der Waals surface area contributed by atoms with Gasteiger partial charge in [0.15, 0.2) is 0 Å². The highest BCUT2D eigenvalue weighted by Gasteiger charge is 2.19. The van der Waals surface area contributed by atoms with Crippen LogP contribution >= 0.6 is 15.9 Å². The molecule has 1 atom stereocenters. The molecular formula is C12H18BrNO. The van der Waals surface area contributed by atoms with E-state index in [2.05, 4.69) is 40.7 Å². The Bertz CT molecular complexity index is 314. The highest BCUT2D eigenvalue weighted by Crippen LogP contribution is 2.27. The zero-order valence-electron chi connectivity index (χ0n) is 9.44. The summed E-state index contributed by atoms with van der Waals surface area (Å²) in [5.41, 5.74) is 1.12. The Balaban J connectivity index is 2.92. The van der Waals surface area contributed by atoms with E-state index in [1.165, 1.54) is 0 Å². The maximum atomic E-state index is 9.36. The van der Waals surface area contributed by atoms with Crippen molar-refractivity contribution in [3.8, 4) is 0 Å². The number of aliphatic hydroxyl groups is 1. The van der Waals surface area contributed by atoms with Gasteiger partial charge in [-0.3, -0.25) is 0 Å². The molecule has 0 fully saturated rings. The summed E-state index contributed by atoms with van der Waals surface area (Å²) in [7, 11) is 2.01. The number of para-hydroxylation sites is 1. The lowest BCUT2D eigenvalue weighted by Gasteiger charge is -2.32. The van der Waals surface area contributed by atoms with Crippen LogP contribution in [0.2, 0.25) is 0 Å². The number of nitrogens with zero attached hydrogens (tertiary/aromatic N) is 1. The third-order valence-electron chi connectivity index (χ3n) is 2.69. The normalized spacial score (nSPS) is 12.9. The molecule has 0 aliphatic heterocycles. The zero-order chi connectivity index (χ0) is 11.4. The summed E-state index contributed by atoms with van der Waals surface area (Å²) < 4.78 is 1.06. The molecule has 3 heteroatoms. The van der Waals surface area contributed by atoms with Gasteiger partial charge in [-0.1, -0.05) is 26.0 Å². The highest BCUT2D eigenvalue weighted by atomic mass is 79.9. The van der Waals surface area contributed by atoms with Crippen LogP contribution in [-0.4, -0.2) is 24.8 Å². The molecule has 0 heterocycles. The smallest absolute Gasteiger partial charge is 0.0637 e. The average Bonchev–Trinajstić information content (AvgIpc) is 2.18. The summed E-state index contributed by atoms with van der Waals surface area (Å²) in [5, 5.41) is 9.36. The van der Waals surface area contributed by atoms with Crippen LogP contribution in [-0.2, 0) is 0 Å². The number of likely N-dealkylation sites (N-methyl/N-ethyl adjacent to an activating group) is 1. The molecule has 84 valence electrons. The molecule has 2 nitrogen and oxygen atoms in total. The molecular weight excluding hydrogens is 254 g/mol. The lowest BCUT2D eigenvalue weighted by molar-refractivity contribution is 0.234. The molecule has 1 N–H and O–H groups in total. The molecule has 0 aliphatic carbocycles. The lowest BCUT2D eigenvalue weighted by Crippen LogP contribution is -2.39. The molecule has 0 aliphatic rings. The number of rotatable bonds is 4. The molecule has 0 aromatic heterocycles. The Kier molecular flexibility index (Phi) is 4.61. The Morgan fingerprint density at radius 2 is 1.93 bits per heavy atom. The topological polar surface area (TPSA) is 23.5 Å². The van der Waals surface area contributed by atoms with Crippen LogP contribution in [0.1, 0.15) is 13.8 Å². The van der Waals surface area contributed by atoms with E-state index in [0.29, 0.717) is 5.92 Å². The van der Waals surface area contributed by atoms with Crippen molar-refractivity contribution in [1.82, 2.24) is 0 Å². The first-order chi connectivity index (χ1) is 7.07. The summed E-state index contributed by atoms with van der Waals surface area (Å²) in [6, 6.07) is 8.22. The second-order valence-corrected chi connectivity index (χ2v) is 4.91. The summed E-state index contributed by atoms with van der Waals surface area (Å²) in [6.45, 7) is 4.41. The van der Waals surface area contributed by atoms with E-state index >= 15 is 0 Å². The average molecular weight is 272 g/mol. The molecule has 0 amide bonds. The second-order valence-electron chi connectivity index (χ2n) is 4.06. The first-order valence-electron chi connectivity index (χ1n) is 5.16. The predicted octanol–water partition coefficient (Wildman–Crippen LogP) is 2.90. The van der Waals surface area contributed by atoms with Crippen LogP contribution in [0.25, 0.3) is 0 Å². The van der Waals surface area contributed by atoms with Crippen molar-refractivity contribution in [2.75, 3.05) is 18.6 Å². The largest absolute Gasteiger partial charge is 0.394 e. The molecule has 1 aromatic carbocycles. The van der Waals surface area contributed by atoms with Crippen LogP contribution in [0.4, 0.5) is 5.69 Å². The van der Waals surface area contributed by atoms with Crippen LogP contribution in [0.5, 0.6) is 0 Å². The Hall–Kier alpha value is -0.540. The number of anilines is 1. The van der Waals surface area contributed by atoms with Crippen molar-refractivity contribution in [3.05, 3.63) is 28.7 Å². The van der Waals surface area contributed by atoms with Gasteiger partial charge in [0.2, 0.25) is 0 Å². The van der Waals surface area contributed by atoms with E-state index in [9.17, 15) is 5.11 Å². The summed E-state index contributed by atoms with van der Waals surface area (Å²) in [6.07, 6.45) is 0. The van der Waals surface area contributed by atoms with Gasteiger partial charge in [-0.2, -0.15) is 0 Å². The van der Waals surface area contributed by atoms with E-state index in [0.717, 1.165) is 10.2 Å². The minimum atomic E-state index is 0.156. The number of hydrogen-bond donors (Lipinski definition) is 1. The van der Waals surface area contributed by atoms with Gasteiger partial charge < -0.3 is 10.0 Å². The van der Waals surface area contributed by atoms with Crippen LogP contribution in [0.15, 0.2) is 28.7 Å². The van der Waals surface area contributed by atoms with Gasteiger partial charge in [0.05, 0.1) is 18.3 Å². The van der Waals surface area contributed by atoms with Crippen LogP contribution in [0, 0.1) is 5.92 Å². The van der Waals surface area contributed by atoms with Crippen molar-refractivity contribution in [2.45, 2.75) is 19.9 Å². The first kappa shape index (κ1) is 12.5. The molecule has 0 saturated carbocycles. The van der Waals surface area contributed by atoms with E-state index in [-0.39, 0.29) is 12.6 Å². The number of halogens is 1. The molecule has 15 heavy (non-hydrogen) atoms. The molecule has 1 unspecified atom stereocenters. The SMILES string of the molecule is CC(C)C(CO)N(C)c1ccccc1Br. The lowest BCUT2D eigenvalue weighted by atomic mass is 10.0. The van der Waals surface area contributed by atoms with Gasteiger partial charge in [-0.05, 0) is 34.0 Å². The van der Waals surface area contributed by atoms with Gasteiger partial charge >= 0.3 is 0 Å². The third kappa shape index (κ3) is 2.95. The zero-order valence-corrected chi connectivity index (χ0v) is 11.0. The molecule has 0 radical (unpaired) electrons. The van der Waals surface area contributed by atoms with Crippen LogP contribution in [0.3, 0.4) is 0 Å². The number of hydrogen-bond acceptors (Lipinski definition) is 2. The molecule has 1 rings (SSSR count). The maximum Gasteiger partial charge on any atom is 0.0637 e. The van der Waals surface area contributed by atoms with Crippen molar-refractivity contribution < 1.29 is 5.11 Å². The Labute approximate surface area is 100 Å². The van der Waals surface area contributed by atoms with Gasteiger partial charge in [-0.15, -0.1) is 0 Å². The van der Waals surface area contributed by atoms with Crippen LogP contribution < -0.4 is 4.90 Å². The molecule has 0 bridgehead atoms. The molecule has 1 aromatic rings. The van der Waals surface area contributed by atoms with Gasteiger partial charge in [0.1, 0.15) is 0 Å². The fourth-order valence-corrected chi connectivity index (χ4v) is 2.26. The van der Waals surface area contributed by atoms with Crippen molar-refractivity contribution in [3.63, 3.8) is 0 Å². The Morgan fingerprint density at radius 1 is 1.33 bits per heavy atom. The minimum absolute atomic E-state index is 0.156. The standard InChI is InChI=1S/C12H18BrNO/c1-9(2)12(8-15)14(3)11-7-5-4-6-10(11)13/h4-7,9,12,15H,8H2,1-3H3. The van der Waals surface area contributed by atoms with Gasteiger partial charge in [0, 0.05) is 11.5 Å². The minimum Gasteiger partial charge on any atom is -0.394 e. The first-order valence-corrected chi connectivity index (χ1v) is 5.95. The molecule has 0 spiro atoms. The predicted molar refractivity (Wildman–Crippen MR) is 68.3 cm³/mol. The van der Waals surface area contributed by atoms with E-state index < -0.39 is 0 Å².